The number of esters is 1. The quantitative estimate of drug-likeness (QED) is 0.448. The molecule has 0 saturated carbocycles. The van der Waals surface area contributed by atoms with Crippen molar-refractivity contribution in [3.8, 4) is 0 Å². The number of Topliss-reactive ketones (excluding diaryl/α,β-unsaturated/α-hetero) is 1. The van der Waals surface area contributed by atoms with Gasteiger partial charge in [0.25, 0.3) is 0 Å². The summed E-state index contributed by atoms with van der Waals surface area (Å²) in [4.78, 5) is 27.1. The number of hydrogen-bond donors (Lipinski definition) is 0. The van der Waals surface area contributed by atoms with Gasteiger partial charge < -0.3 is 14.2 Å². The summed E-state index contributed by atoms with van der Waals surface area (Å²) in [5, 5.41) is 0. The Morgan fingerprint density at radius 1 is 1.17 bits per heavy atom. The summed E-state index contributed by atoms with van der Waals surface area (Å²) < 4.78 is 14.7. The van der Waals surface area contributed by atoms with Gasteiger partial charge in [0.15, 0.2) is 5.78 Å². The molecule has 6 nitrogen and oxygen atoms in total. The number of ketones is 1. The Bertz CT molecular complexity index is 454. The highest BCUT2D eigenvalue weighted by Gasteiger charge is 2.20. The minimum absolute atomic E-state index is 0.0402. The van der Waals surface area contributed by atoms with Gasteiger partial charge in [0, 0.05) is 21.1 Å². The Balaban J connectivity index is 3.27. The van der Waals surface area contributed by atoms with Crippen LogP contribution in [0, 0.1) is 0 Å². The van der Waals surface area contributed by atoms with Crippen molar-refractivity contribution in [2.24, 2.45) is 0 Å². The number of methoxy groups -OCH3 is 3. The Kier molecular flexibility index (Phi) is 4.94. The van der Waals surface area contributed by atoms with Gasteiger partial charge in [-0.05, 0) is 12.1 Å². The number of ether oxygens (including phenoxy) is 3. The molecule has 0 bridgehead atoms. The molecule has 1 aromatic rings. The topological polar surface area (TPSA) is 74.7 Å². The van der Waals surface area contributed by atoms with Crippen LogP contribution in [0.5, 0.6) is 0 Å². The molecule has 0 aromatic carbocycles. The first-order valence-electron chi connectivity index (χ1n) is 5.21. The first kappa shape index (κ1) is 14.3. The lowest BCUT2D eigenvalue weighted by Crippen LogP contribution is -2.14. The van der Waals surface area contributed by atoms with E-state index in [1.165, 1.54) is 34.3 Å². The van der Waals surface area contributed by atoms with Crippen LogP contribution in [0.15, 0.2) is 12.1 Å². The largest absolute Gasteiger partial charge is 0.465 e. The van der Waals surface area contributed by atoms with Crippen LogP contribution >= 0.6 is 0 Å². The summed E-state index contributed by atoms with van der Waals surface area (Å²) in [5.74, 6) is -0.936. The van der Waals surface area contributed by atoms with Crippen molar-refractivity contribution >= 4 is 11.8 Å². The normalized spacial score (nSPS) is 10.5. The van der Waals surface area contributed by atoms with Crippen molar-refractivity contribution in [1.82, 2.24) is 4.98 Å². The zero-order valence-electron chi connectivity index (χ0n) is 10.7. The van der Waals surface area contributed by atoms with E-state index in [9.17, 15) is 9.59 Å². The van der Waals surface area contributed by atoms with Crippen molar-refractivity contribution in [1.29, 1.82) is 0 Å². The van der Waals surface area contributed by atoms with E-state index in [4.69, 9.17) is 9.47 Å². The molecule has 0 fully saturated rings. The van der Waals surface area contributed by atoms with Crippen LogP contribution < -0.4 is 0 Å². The third-order valence-corrected chi connectivity index (χ3v) is 2.33. The number of aromatic nitrogens is 1. The molecule has 0 aliphatic carbocycles. The van der Waals surface area contributed by atoms with Crippen molar-refractivity contribution < 1.29 is 23.8 Å². The smallest absolute Gasteiger partial charge is 0.340 e. The lowest BCUT2D eigenvalue weighted by molar-refractivity contribution is -0.108. The van der Waals surface area contributed by atoms with E-state index in [2.05, 4.69) is 9.72 Å². The third kappa shape index (κ3) is 2.91. The van der Waals surface area contributed by atoms with Crippen LogP contribution in [-0.4, -0.2) is 38.1 Å². The van der Waals surface area contributed by atoms with Gasteiger partial charge in [-0.15, -0.1) is 0 Å². The van der Waals surface area contributed by atoms with E-state index in [1.807, 2.05) is 0 Å². The summed E-state index contributed by atoms with van der Waals surface area (Å²) in [5.41, 5.74) is 0.580. The van der Waals surface area contributed by atoms with Crippen molar-refractivity contribution in [2.45, 2.75) is 13.2 Å². The second-order valence-corrected chi connectivity index (χ2v) is 3.48. The lowest BCUT2D eigenvalue weighted by Gasteiger charge is -2.14. The predicted octanol–water partition coefficient (Wildman–Crippen LogP) is 1.36. The van der Waals surface area contributed by atoms with Gasteiger partial charge in [-0.1, -0.05) is 0 Å². The maximum Gasteiger partial charge on any atom is 0.340 e. The summed E-state index contributed by atoms with van der Waals surface area (Å²) in [6.07, 6.45) is -0.685. The number of pyridine rings is 1. The van der Waals surface area contributed by atoms with Gasteiger partial charge in [-0.3, -0.25) is 4.79 Å². The van der Waals surface area contributed by atoms with Gasteiger partial charge in [0.1, 0.15) is 5.69 Å². The molecule has 1 aromatic heterocycles. The average Bonchev–Trinajstić information content (AvgIpc) is 2.39. The van der Waals surface area contributed by atoms with Crippen LogP contribution in [0.4, 0.5) is 0 Å². The zero-order chi connectivity index (χ0) is 13.7. The van der Waals surface area contributed by atoms with Crippen molar-refractivity contribution in [3.63, 3.8) is 0 Å². The van der Waals surface area contributed by atoms with Crippen LogP contribution in [0.3, 0.4) is 0 Å². The third-order valence-electron chi connectivity index (χ3n) is 2.33. The molecule has 0 N–H and O–H groups in total. The van der Waals surface area contributed by atoms with E-state index in [1.54, 1.807) is 6.07 Å². The first-order chi connectivity index (χ1) is 8.54. The Morgan fingerprint density at radius 2 is 1.78 bits per heavy atom. The molecule has 0 saturated heterocycles. The van der Waals surface area contributed by atoms with Gasteiger partial charge in [0.2, 0.25) is 6.29 Å². The monoisotopic (exact) mass is 253 g/mol. The summed E-state index contributed by atoms with van der Waals surface area (Å²) in [6.45, 7) is 1.33. The van der Waals surface area contributed by atoms with Gasteiger partial charge >= 0.3 is 5.97 Å². The van der Waals surface area contributed by atoms with Crippen LogP contribution in [-0.2, 0) is 14.2 Å². The van der Waals surface area contributed by atoms with E-state index in [-0.39, 0.29) is 17.0 Å². The van der Waals surface area contributed by atoms with E-state index < -0.39 is 12.3 Å². The molecule has 0 spiro atoms. The molecule has 0 unspecified atom stereocenters. The van der Waals surface area contributed by atoms with Gasteiger partial charge in [0.05, 0.1) is 18.4 Å². The number of carbonyl (C=O) groups is 2. The summed E-state index contributed by atoms with van der Waals surface area (Å²) in [7, 11) is 4.16. The Labute approximate surface area is 105 Å². The van der Waals surface area contributed by atoms with E-state index in [0.29, 0.717) is 5.69 Å². The number of rotatable bonds is 5. The molecule has 0 aliphatic rings. The highest BCUT2D eigenvalue weighted by atomic mass is 16.7. The molecule has 0 atom stereocenters. The van der Waals surface area contributed by atoms with Crippen LogP contribution in [0.25, 0.3) is 0 Å². The molecule has 6 heteroatoms. The minimum atomic E-state index is -0.685. The molecular formula is C12H15NO5. The molecular weight excluding hydrogens is 238 g/mol. The van der Waals surface area contributed by atoms with Gasteiger partial charge in [-0.2, -0.15) is 0 Å². The summed E-state index contributed by atoms with van der Waals surface area (Å²) in [6, 6.07) is 3.02. The molecule has 1 rings (SSSR count). The first-order valence-corrected chi connectivity index (χ1v) is 5.21. The molecule has 18 heavy (non-hydrogen) atoms. The standard InChI is InChI=1S/C12H15NO5/c1-7(14)10-8(11(15)16-2)5-6-9(13-10)12(17-3)18-4/h5-6,12H,1-4H3. The average molecular weight is 253 g/mol. The molecule has 0 aliphatic heterocycles. The maximum absolute atomic E-state index is 11.5. The Morgan fingerprint density at radius 3 is 2.22 bits per heavy atom. The van der Waals surface area contributed by atoms with Crippen LogP contribution in [0.1, 0.15) is 39.8 Å². The molecule has 1 heterocycles. The lowest BCUT2D eigenvalue weighted by atomic mass is 10.1. The van der Waals surface area contributed by atoms with E-state index >= 15 is 0 Å². The fraction of sp³-hybridized carbons (Fsp3) is 0.417. The van der Waals surface area contributed by atoms with E-state index in [0.717, 1.165) is 0 Å². The predicted molar refractivity (Wildman–Crippen MR) is 62.3 cm³/mol. The maximum atomic E-state index is 11.5. The number of nitrogens with zero attached hydrogens (tertiary/aromatic N) is 1. The molecule has 98 valence electrons. The number of hydrogen-bond acceptors (Lipinski definition) is 6. The second-order valence-electron chi connectivity index (χ2n) is 3.48. The van der Waals surface area contributed by atoms with Crippen molar-refractivity contribution in [2.75, 3.05) is 21.3 Å². The Hall–Kier alpha value is -1.79. The number of carbonyl (C=O) groups excluding carboxylic acids is 2. The van der Waals surface area contributed by atoms with Crippen LogP contribution in [0.2, 0.25) is 0 Å². The molecule has 0 amide bonds. The highest BCUT2D eigenvalue weighted by molar-refractivity contribution is 6.03. The van der Waals surface area contributed by atoms with Crippen molar-refractivity contribution in [3.05, 3.63) is 29.1 Å². The fourth-order valence-electron chi connectivity index (χ4n) is 1.49. The second kappa shape index (κ2) is 6.23. The SMILES string of the molecule is COC(=O)c1ccc(C(OC)OC)nc1C(C)=O. The zero-order valence-corrected chi connectivity index (χ0v) is 10.7. The fourth-order valence-corrected chi connectivity index (χ4v) is 1.49. The van der Waals surface area contributed by atoms with Gasteiger partial charge in [-0.25, -0.2) is 9.78 Å². The summed E-state index contributed by atoms with van der Waals surface area (Å²) >= 11 is 0. The highest BCUT2D eigenvalue weighted by Crippen LogP contribution is 2.18. The minimum Gasteiger partial charge on any atom is -0.465 e. The molecule has 0 radical (unpaired) electrons.